The van der Waals surface area contributed by atoms with Crippen molar-refractivity contribution in [3.63, 3.8) is 0 Å². The van der Waals surface area contributed by atoms with Crippen LogP contribution in [0.5, 0.6) is 0 Å². The fraction of sp³-hybridized carbons (Fsp3) is 0.385. The van der Waals surface area contributed by atoms with Gasteiger partial charge in [-0.25, -0.2) is 0 Å². The number of benzene rings is 1. The SMILES string of the molecule is O=C1CCC(NCC(=O)Nc2ccc(Br)cc2)CN1. The molecule has 1 fully saturated rings. The van der Waals surface area contributed by atoms with E-state index in [0.717, 1.165) is 16.6 Å². The summed E-state index contributed by atoms with van der Waals surface area (Å²) in [6.45, 7) is 0.834. The van der Waals surface area contributed by atoms with Gasteiger partial charge in [0.05, 0.1) is 6.54 Å². The second kappa shape index (κ2) is 6.68. The lowest BCUT2D eigenvalue weighted by Gasteiger charge is -2.23. The van der Waals surface area contributed by atoms with Crippen molar-refractivity contribution in [3.8, 4) is 0 Å². The summed E-state index contributed by atoms with van der Waals surface area (Å²) >= 11 is 3.34. The molecule has 0 aliphatic carbocycles. The summed E-state index contributed by atoms with van der Waals surface area (Å²) in [5.41, 5.74) is 0.770. The van der Waals surface area contributed by atoms with Crippen molar-refractivity contribution in [2.45, 2.75) is 18.9 Å². The lowest BCUT2D eigenvalue weighted by atomic mass is 10.1. The van der Waals surface area contributed by atoms with E-state index in [-0.39, 0.29) is 24.4 Å². The summed E-state index contributed by atoms with van der Waals surface area (Å²) in [7, 11) is 0. The fourth-order valence-corrected chi connectivity index (χ4v) is 2.15. The lowest BCUT2D eigenvalue weighted by Crippen LogP contribution is -2.47. The van der Waals surface area contributed by atoms with Gasteiger partial charge in [0.25, 0.3) is 0 Å². The van der Waals surface area contributed by atoms with Gasteiger partial charge in [0, 0.05) is 29.2 Å². The number of carbonyl (C=O) groups excluding carboxylic acids is 2. The monoisotopic (exact) mass is 325 g/mol. The van der Waals surface area contributed by atoms with Crippen LogP contribution in [0, 0.1) is 0 Å². The second-order valence-corrected chi connectivity index (χ2v) is 5.39. The Morgan fingerprint density at radius 1 is 1.37 bits per heavy atom. The van der Waals surface area contributed by atoms with Crippen LogP contribution in [0.15, 0.2) is 28.7 Å². The van der Waals surface area contributed by atoms with Crippen molar-refractivity contribution in [1.29, 1.82) is 0 Å². The van der Waals surface area contributed by atoms with E-state index >= 15 is 0 Å². The Morgan fingerprint density at radius 3 is 2.74 bits per heavy atom. The van der Waals surface area contributed by atoms with Crippen LogP contribution in [-0.2, 0) is 9.59 Å². The summed E-state index contributed by atoms with van der Waals surface area (Å²) < 4.78 is 0.974. The van der Waals surface area contributed by atoms with E-state index in [4.69, 9.17) is 0 Å². The molecule has 0 radical (unpaired) electrons. The van der Waals surface area contributed by atoms with Crippen LogP contribution in [0.25, 0.3) is 0 Å². The van der Waals surface area contributed by atoms with E-state index in [9.17, 15) is 9.59 Å². The highest BCUT2D eigenvalue weighted by Crippen LogP contribution is 2.13. The van der Waals surface area contributed by atoms with Crippen LogP contribution in [0.3, 0.4) is 0 Å². The van der Waals surface area contributed by atoms with Crippen LogP contribution >= 0.6 is 15.9 Å². The summed E-state index contributed by atoms with van der Waals surface area (Å²) in [6, 6.07) is 7.60. The highest BCUT2D eigenvalue weighted by atomic mass is 79.9. The Kier molecular flexibility index (Phi) is 4.93. The average Bonchev–Trinajstić information content (AvgIpc) is 2.41. The van der Waals surface area contributed by atoms with Gasteiger partial charge in [-0.1, -0.05) is 15.9 Å². The Bertz CT molecular complexity index is 451. The van der Waals surface area contributed by atoms with Gasteiger partial charge < -0.3 is 16.0 Å². The summed E-state index contributed by atoms with van der Waals surface area (Å²) in [4.78, 5) is 22.7. The third-order valence-electron chi connectivity index (χ3n) is 2.94. The van der Waals surface area contributed by atoms with E-state index in [1.54, 1.807) is 0 Å². The van der Waals surface area contributed by atoms with E-state index < -0.39 is 0 Å². The van der Waals surface area contributed by atoms with Gasteiger partial charge in [-0.3, -0.25) is 9.59 Å². The second-order valence-electron chi connectivity index (χ2n) is 4.48. The summed E-state index contributed by atoms with van der Waals surface area (Å²) in [6.07, 6.45) is 1.30. The first kappa shape index (κ1) is 14.0. The molecule has 1 aliphatic heterocycles. The standard InChI is InChI=1S/C13H16BrN3O2/c14-9-1-3-10(4-2-9)17-13(19)8-15-11-5-6-12(18)16-7-11/h1-4,11,15H,5-8H2,(H,16,18)(H,17,19). The van der Waals surface area contributed by atoms with Gasteiger partial charge in [-0.05, 0) is 30.7 Å². The number of carbonyl (C=O) groups is 2. The molecular formula is C13H16BrN3O2. The Balaban J connectivity index is 1.72. The van der Waals surface area contributed by atoms with Gasteiger partial charge in [0.2, 0.25) is 11.8 Å². The average molecular weight is 326 g/mol. The van der Waals surface area contributed by atoms with Gasteiger partial charge in [0.15, 0.2) is 0 Å². The molecule has 1 heterocycles. The largest absolute Gasteiger partial charge is 0.355 e. The first-order chi connectivity index (χ1) is 9.13. The lowest BCUT2D eigenvalue weighted by molar-refractivity contribution is -0.122. The third-order valence-corrected chi connectivity index (χ3v) is 3.47. The maximum Gasteiger partial charge on any atom is 0.238 e. The molecule has 0 spiro atoms. The van der Waals surface area contributed by atoms with Crippen LogP contribution in [0.4, 0.5) is 5.69 Å². The van der Waals surface area contributed by atoms with E-state index in [1.807, 2.05) is 24.3 Å². The van der Waals surface area contributed by atoms with Crippen molar-refractivity contribution < 1.29 is 9.59 Å². The van der Waals surface area contributed by atoms with Crippen LogP contribution in [-0.4, -0.2) is 30.9 Å². The minimum absolute atomic E-state index is 0.0809. The molecular weight excluding hydrogens is 310 g/mol. The Morgan fingerprint density at radius 2 is 2.11 bits per heavy atom. The summed E-state index contributed by atoms with van der Waals surface area (Å²) in [5.74, 6) is -0.00316. The van der Waals surface area contributed by atoms with Crippen molar-refractivity contribution >= 4 is 33.4 Å². The smallest absolute Gasteiger partial charge is 0.238 e. The van der Waals surface area contributed by atoms with Crippen molar-refractivity contribution in [3.05, 3.63) is 28.7 Å². The topological polar surface area (TPSA) is 70.2 Å². The molecule has 1 aromatic carbocycles. The molecule has 2 rings (SSSR count). The van der Waals surface area contributed by atoms with Crippen LogP contribution in [0.2, 0.25) is 0 Å². The molecule has 1 atom stereocenters. The molecule has 19 heavy (non-hydrogen) atoms. The number of nitrogens with one attached hydrogen (secondary N) is 3. The zero-order chi connectivity index (χ0) is 13.7. The highest BCUT2D eigenvalue weighted by molar-refractivity contribution is 9.10. The first-order valence-corrected chi connectivity index (χ1v) is 6.98. The third kappa shape index (κ3) is 4.65. The number of halogens is 1. The molecule has 102 valence electrons. The van der Waals surface area contributed by atoms with E-state index in [2.05, 4.69) is 31.9 Å². The number of rotatable bonds is 4. The fourth-order valence-electron chi connectivity index (χ4n) is 1.88. The molecule has 1 saturated heterocycles. The minimum atomic E-state index is -0.0841. The number of anilines is 1. The molecule has 2 amide bonds. The van der Waals surface area contributed by atoms with Crippen molar-refractivity contribution in [2.75, 3.05) is 18.4 Å². The maximum atomic E-state index is 11.7. The Hall–Kier alpha value is -1.40. The van der Waals surface area contributed by atoms with Gasteiger partial charge in [0.1, 0.15) is 0 Å². The molecule has 0 aromatic heterocycles. The van der Waals surface area contributed by atoms with Crippen molar-refractivity contribution in [1.82, 2.24) is 10.6 Å². The molecule has 6 heteroatoms. The molecule has 1 unspecified atom stereocenters. The number of hydrogen-bond acceptors (Lipinski definition) is 3. The van der Waals surface area contributed by atoms with Gasteiger partial charge >= 0.3 is 0 Å². The van der Waals surface area contributed by atoms with Crippen molar-refractivity contribution in [2.24, 2.45) is 0 Å². The molecule has 0 bridgehead atoms. The van der Waals surface area contributed by atoms with E-state index in [1.165, 1.54) is 0 Å². The maximum absolute atomic E-state index is 11.7. The zero-order valence-corrected chi connectivity index (χ0v) is 12.0. The minimum Gasteiger partial charge on any atom is -0.355 e. The molecule has 5 nitrogen and oxygen atoms in total. The number of piperidine rings is 1. The highest BCUT2D eigenvalue weighted by Gasteiger charge is 2.17. The van der Waals surface area contributed by atoms with Gasteiger partial charge in [-0.15, -0.1) is 0 Å². The Labute approximate surface area is 120 Å². The molecule has 1 aromatic rings. The van der Waals surface area contributed by atoms with Crippen LogP contribution < -0.4 is 16.0 Å². The number of hydrogen-bond donors (Lipinski definition) is 3. The van der Waals surface area contributed by atoms with Crippen LogP contribution in [0.1, 0.15) is 12.8 Å². The zero-order valence-electron chi connectivity index (χ0n) is 10.4. The molecule has 3 N–H and O–H groups in total. The number of amides is 2. The van der Waals surface area contributed by atoms with Gasteiger partial charge in [-0.2, -0.15) is 0 Å². The normalized spacial score (nSPS) is 18.8. The van der Waals surface area contributed by atoms with E-state index in [0.29, 0.717) is 13.0 Å². The predicted molar refractivity (Wildman–Crippen MR) is 76.8 cm³/mol. The quantitative estimate of drug-likeness (QED) is 0.780. The molecule has 1 aliphatic rings. The first-order valence-electron chi connectivity index (χ1n) is 6.19. The molecule has 0 saturated carbocycles. The predicted octanol–water partition coefficient (Wildman–Crippen LogP) is 1.26. The summed E-state index contributed by atoms with van der Waals surface area (Å²) in [5, 5.41) is 8.72.